The molecule has 1 saturated heterocycles. The van der Waals surface area contributed by atoms with Gasteiger partial charge in [0.05, 0.1) is 0 Å². The molecule has 0 N–H and O–H groups in total. The van der Waals surface area contributed by atoms with Gasteiger partial charge in [0.2, 0.25) is 5.91 Å². The largest absolute Gasteiger partial charge is 0.342 e. The Balaban J connectivity index is 1.47. The molecule has 4 rings (SSSR count). The van der Waals surface area contributed by atoms with Crippen LogP contribution >= 0.6 is 23.1 Å². The third kappa shape index (κ3) is 4.68. The summed E-state index contributed by atoms with van der Waals surface area (Å²) in [6.45, 7) is 1.70. The third-order valence-corrected chi connectivity index (χ3v) is 7.78. The minimum absolute atomic E-state index is 0.110. The molecule has 0 radical (unpaired) electrons. The van der Waals surface area contributed by atoms with Crippen LogP contribution in [0.2, 0.25) is 0 Å². The summed E-state index contributed by atoms with van der Waals surface area (Å²) in [6, 6.07) is 25.2. The summed E-state index contributed by atoms with van der Waals surface area (Å²) >= 11 is 3.82. The van der Waals surface area contributed by atoms with Gasteiger partial charge >= 0.3 is 0 Å². The molecule has 1 aliphatic heterocycles. The monoisotopic (exact) mass is 407 g/mol. The first kappa shape index (κ1) is 19.3. The number of rotatable bonds is 5. The average molecular weight is 408 g/mol. The number of carbonyl (C=O) groups excluding carboxylic acids is 1. The molecule has 0 aliphatic carbocycles. The quantitative estimate of drug-likeness (QED) is 0.519. The van der Waals surface area contributed by atoms with E-state index in [4.69, 9.17) is 0 Å². The zero-order valence-electron chi connectivity index (χ0n) is 15.9. The maximum Gasteiger partial charge on any atom is 0.223 e. The average Bonchev–Trinajstić information content (AvgIpc) is 3.17. The van der Waals surface area contributed by atoms with Crippen molar-refractivity contribution >= 4 is 29.0 Å². The number of benzene rings is 2. The van der Waals surface area contributed by atoms with E-state index in [-0.39, 0.29) is 11.8 Å². The van der Waals surface area contributed by atoms with Crippen molar-refractivity contribution in [3.8, 4) is 0 Å². The van der Waals surface area contributed by atoms with Crippen molar-refractivity contribution in [1.29, 1.82) is 0 Å². The SMILES string of the molecule is O=C(CC(c1ccccc1)c1ccccc1)N1CCSC(c2cccs2)CC1. The molecule has 0 spiro atoms. The molecule has 1 atom stereocenters. The van der Waals surface area contributed by atoms with Crippen molar-refractivity contribution in [1.82, 2.24) is 4.90 Å². The third-order valence-electron chi connectivity index (χ3n) is 5.34. The number of thioether (sulfide) groups is 1. The first-order chi connectivity index (χ1) is 13.8. The molecule has 1 aromatic heterocycles. The first-order valence-corrected chi connectivity index (χ1v) is 11.8. The van der Waals surface area contributed by atoms with Gasteiger partial charge in [0.15, 0.2) is 0 Å². The number of hydrogen-bond donors (Lipinski definition) is 0. The number of hydrogen-bond acceptors (Lipinski definition) is 3. The molecular weight excluding hydrogens is 382 g/mol. The van der Waals surface area contributed by atoms with E-state index in [2.05, 4.69) is 70.9 Å². The Kier molecular flexibility index (Phi) is 6.50. The molecule has 2 aromatic carbocycles. The van der Waals surface area contributed by atoms with Crippen molar-refractivity contribution in [3.63, 3.8) is 0 Å². The van der Waals surface area contributed by atoms with E-state index < -0.39 is 0 Å². The van der Waals surface area contributed by atoms with Gasteiger partial charge in [-0.15, -0.1) is 11.3 Å². The Bertz CT molecular complexity index is 825. The summed E-state index contributed by atoms with van der Waals surface area (Å²) in [5.74, 6) is 1.39. The Labute approximate surface area is 175 Å². The van der Waals surface area contributed by atoms with E-state index >= 15 is 0 Å². The zero-order chi connectivity index (χ0) is 19.2. The minimum Gasteiger partial charge on any atom is -0.342 e. The molecule has 28 heavy (non-hydrogen) atoms. The standard InChI is InChI=1S/C24H25NOS2/c26-24(25-14-13-23(28-17-15-25)22-12-7-16-27-22)18-21(19-8-3-1-4-9-19)20-10-5-2-6-11-20/h1-12,16,21,23H,13-15,17-18H2. The lowest BCUT2D eigenvalue weighted by Gasteiger charge is -2.24. The fourth-order valence-corrected chi connectivity index (χ4v) is 6.06. The molecule has 2 heterocycles. The van der Waals surface area contributed by atoms with Gasteiger partial charge in [0.1, 0.15) is 0 Å². The van der Waals surface area contributed by atoms with Crippen LogP contribution in [-0.4, -0.2) is 29.6 Å². The van der Waals surface area contributed by atoms with Crippen LogP contribution in [0.4, 0.5) is 0 Å². The molecule has 0 saturated carbocycles. The molecular formula is C24H25NOS2. The highest BCUT2D eigenvalue weighted by Gasteiger charge is 2.25. The molecule has 1 fully saturated rings. The molecule has 1 amide bonds. The maximum atomic E-state index is 13.2. The second-order valence-corrected chi connectivity index (χ2v) is 9.41. The highest BCUT2D eigenvalue weighted by molar-refractivity contribution is 7.99. The van der Waals surface area contributed by atoms with E-state index in [0.29, 0.717) is 11.7 Å². The van der Waals surface area contributed by atoms with Gasteiger partial charge in [-0.3, -0.25) is 4.79 Å². The number of nitrogens with zero attached hydrogens (tertiary/aromatic N) is 1. The van der Waals surface area contributed by atoms with Crippen molar-refractivity contribution in [2.75, 3.05) is 18.8 Å². The smallest absolute Gasteiger partial charge is 0.223 e. The normalized spacial score (nSPS) is 17.5. The Hall–Kier alpha value is -2.04. The van der Waals surface area contributed by atoms with Gasteiger partial charge < -0.3 is 4.90 Å². The lowest BCUT2D eigenvalue weighted by atomic mass is 9.88. The fourth-order valence-electron chi connectivity index (χ4n) is 3.82. The number of thiophene rings is 1. The lowest BCUT2D eigenvalue weighted by Crippen LogP contribution is -2.34. The Morgan fingerprint density at radius 2 is 1.61 bits per heavy atom. The molecule has 4 heteroatoms. The summed E-state index contributed by atoms with van der Waals surface area (Å²) in [4.78, 5) is 16.7. The highest BCUT2D eigenvalue weighted by Crippen LogP contribution is 2.37. The Morgan fingerprint density at radius 1 is 0.929 bits per heavy atom. The van der Waals surface area contributed by atoms with E-state index in [0.717, 1.165) is 25.3 Å². The van der Waals surface area contributed by atoms with Crippen LogP contribution in [-0.2, 0) is 4.79 Å². The Morgan fingerprint density at radius 3 is 2.21 bits per heavy atom. The summed E-state index contributed by atoms with van der Waals surface area (Å²) in [5, 5.41) is 2.67. The first-order valence-electron chi connectivity index (χ1n) is 9.84. The predicted molar refractivity (Wildman–Crippen MR) is 120 cm³/mol. The van der Waals surface area contributed by atoms with Gasteiger partial charge in [-0.05, 0) is 29.0 Å². The van der Waals surface area contributed by atoms with Gasteiger partial charge in [0, 0.05) is 41.3 Å². The lowest BCUT2D eigenvalue weighted by molar-refractivity contribution is -0.131. The molecule has 144 valence electrons. The molecule has 1 aliphatic rings. The van der Waals surface area contributed by atoms with Gasteiger partial charge in [0.25, 0.3) is 0 Å². The van der Waals surface area contributed by atoms with Crippen LogP contribution in [0, 0.1) is 0 Å². The van der Waals surface area contributed by atoms with Crippen LogP contribution in [0.5, 0.6) is 0 Å². The van der Waals surface area contributed by atoms with Crippen LogP contribution in [0.1, 0.15) is 40.0 Å². The van der Waals surface area contributed by atoms with Crippen molar-refractivity contribution in [2.45, 2.75) is 24.0 Å². The van der Waals surface area contributed by atoms with Crippen LogP contribution in [0.15, 0.2) is 78.2 Å². The van der Waals surface area contributed by atoms with Crippen LogP contribution < -0.4 is 0 Å². The summed E-state index contributed by atoms with van der Waals surface area (Å²) in [5.41, 5.74) is 2.42. The number of amides is 1. The topological polar surface area (TPSA) is 20.3 Å². The predicted octanol–water partition coefficient (Wildman–Crippen LogP) is 5.98. The van der Waals surface area contributed by atoms with Crippen LogP contribution in [0.25, 0.3) is 0 Å². The molecule has 3 aromatic rings. The van der Waals surface area contributed by atoms with Crippen molar-refractivity contribution in [2.24, 2.45) is 0 Å². The highest BCUT2D eigenvalue weighted by atomic mass is 32.2. The maximum absolute atomic E-state index is 13.2. The van der Waals surface area contributed by atoms with Crippen molar-refractivity contribution < 1.29 is 4.79 Å². The van der Waals surface area contributed by atoms with E-state index in [1.54, 1.807) is 0 Å². The second kappa shape index (κ2) is 9.44. The number of carbonyl (C=O) groups is 1. The van der Waals surface area contributed by atoms with Crippen molar-refractivity contribution in [3.05, 3.63) is 94.2 Å². The molecule has 1 unspecified atom stereocenters. The minimum atomic E-state index is 0.110. The summed E-state index contributed by atoms with van der Waals surface area (Å²) < 4.78 is 0. The summed E-state index contributed by atoms with van der Waals surface area (Å²) in [6.07, 6.45) is 1.57. The van der Waals surface area contributed by atoms with Crippen LogP contribution in [0.3, 0.4) is 0 Å². The second-order valence-electron chi connectivity index (χ2n) is 7.12. The molecule has 2 nitrogen and oxygen atoms in total. The van der Waals surface area contributed by atoms with Gasteiger partial charge in [-0.2, -0.15) is 11.8 Å². The molecule has 0 bridgehead atoms. The summed E-state index contributed by atoms with van der Waals surface area (Å²) in [7, 11) is 0. The van der Waals surface area contributed by atoms with E-state index in [1.807, 2.05) is 35.2 Å². The van der Waals surface area contributed by atoms with E-state index in [9.17, 15) is 4.79 Å². The fraction of sp³-hybridized carbons (Fsp3) is 0.292. The van der Waals surface area contributed by atoms with Gasteiger partial charge in [-0.25, -0.2) is 0 Å². The van der Waals surface area contributed by atoms with Gasteiger partial charge in [-0.1, -0.05) is 66.7 Å². The van der Waals surface area contributed by atoms with E-state index in [1.165, 1.54) is 16.0 Å². The zero-order valence-corrected chi connectivity index (χ0v) is 17.5.